The van der Waals surface area contributed by atoms with E-state index < -0.39 is 0 Å². The summed E-state index contributed by atoms with van der Waals surface area (Å²) in [5, 5.41) is 3.29. The first-order valence-electron chi connectivity index (χ1n) is 5.93. The van der Waals surface area contributed by atoms with Crippen molar-refractivity contribution in [3.05, 3.63) is 0 Å². The molecule has 2 heteroatoms. The average molecular weight is 198 g/mol. The summed E-state index contributed by atoms with van der Waals surface area (Å²) in [4.78, 5) is 2.61. The van der Waals surface area contributed by atoms with E-state index in [9.17, 15) is 0 Å². The van der Waals surface area contributed by atoms with Crippen molar-refractivity contribution in [2.45, 2.75) is 46.1 Å². The summed E-state index contributed by atoms with van der Waals surface area (Å²) >= 11 is 0. The van der Waals surface area contributed by atoms with Gasteiger partial charge in [0.2, 0.25) is 0 Å². The predicted octanol–water partition coefficient (Wildman–Crippen LogP) is 2.11. The highest BCUT2D eigenvalue weighted by Gasteiger charge is 2.24. The molecule has 0 aromatic heterocycles. The second-order valence-electron chi connectivity index (χ2n) is 5.48. The van der Waals surface area contributed by atoms with E-state index in [1.165, 1.54) is 38.9 Å². The minimum Gasteiger partial charge on any atom is -0.317 e. The molecule has 0 spiro atoms. The van der Waals surface area contributed by atoms with Crippen LogP contribution in [0.4, 0.5) is 0 Å². The van der Waals surface area contributed by atoms with E-state index in [4.69, 9.17) is 0 Å². The standard InChI is InChI=1S/C12H26N2/c1-11(13-4)5-8-14-9-6-12(2,3)7-10-14/h11,13H,5-10H2,1-4H3. The van der Waals surface area contributed by atoms with Crippen molar-refractivity contribution < 1.29 is 0 Å². The summed E-state index contributed by atoms with van der Waals surface area (Å²) in [6, 6.07) is 0.657. The van der Waals surface area contributed by atoms with Crippen molar-refractivity contribution >= 4 is 0 Å². The first-order valence-corrected chi connectivity index (χ1v) is 5.93. The number of hydrogen-bond donors (Lipinski definition) is 1. The topological polar surface area (TPSA) is 15.3 Å². The van der Waals surface area contributed by atoms with Gasteiger partial charge in [0.1, 0.15) is 0 Å². The van der Waals surface area contributed by atoms with Crippen molar-refractivity contribution in [2.75, 3.05) is 26.7 Å². The van der Waals surface area contributed by atoms with Gasteiger partial charge in [-0.15, -0.1) is 0 Å². The molecule has 1 fully saturated rings. The van der Waals surface area contributed by atoms with Crippen molar-refractivity contribution in [3.8, 4) is 0 Å². The van der Waals surface area contributed by atoms with E-state index in [1.54, 1.807) is 0 Å². The average Bonchev–Trinajstić information content (AvgIpc) is 2.16. The van der Waals surface area contributed by atoms with E-state index >= 15 is 0 Å². The summed E-state index contributed by atoms with van der Waals surface area (Å²) in [6.07, 6.45) is 4.00. The molecule has 84 valence electrons. The Kier molecular flexibility index (Phi) is 4.39. The molecule has 0 radical (unpaired) electrons. The molecule has 0 aliphatic carbocycles. The molecule has 0 saturated carbocycles. The van der Waals surface area contributed by atoms with Crippen LogP contribution in [0.25, 0.3) is 0 Å². The Hall–Kier alpha value is -0.0800. The van der Waals surface area contributed by atoms with Gasteiger partial charge in [0.05, 0.1) is 0 Å². The molecule has 0 bridgehead atoms. The Morgan fingerprint density at radius 2 is 1.86 bits per heavy atom. The molecule has 1 heterocycles. The summed E-state index contributed by atoms with van der Waals surface area (Å²) in [5.41, 5.74) is 0.588. The lowest BCUT2D eigenvalue weighted by molar-refractivity contribution is 0.129. The summed E-state index contributed by atoms with van der Waals surface area (Å²) in [6.45, 7) is 10.9. The van der Waals surface area contributed by atoms with Crippen LogP contribution in [-0.4, -0.2) is 37.6 Å². The van der Waals surface area contributed by atoms with Crippen LogP contribution in [-0.2, 0) is 0 Å². The van der Waals surface area contributed by atoms with Gasteiger partial charge in [-0.2, -0.15) is 0 Å². The zero-order valence-electron chi connectivity index (χ0n) is 10.3. The lowest BCUT2D eigenvalue weighted by Gasteiger charge is -2.37. The maximum atomic E-state index is 3.29. The van der Waals surface area contributed by atoms with Gasteiger partial charge in [-0.25, -0.2) is 0 Å². The van der Waals surface area contributed by atoms with Crippen LogP contribution < -0.4 is 5.32 Å². The van der Waals surface area contributed by atoms with Gasteiger partial charge in [0.25, 0.3) is 0 Å². The molecule has 14 heavy (non-hydrogen) atoms. The monoisotopic (exact) mass is 198 g/mol. The fourth-order valence-electron chi connectivity index (χ4n) is 1.90. The Labute approximate surface area is 89.1 Å². The fraction of sp³-hybridized carbons (Fsp3) is 1.00. The van der Waals surface area contributed by atoms with Gasteiger partial charge in [-0.1, -0.05) is 13.8 Å². The number of nitrogens with one attached hydrogen (secondary N) is 1. The smallest absolute Gasteiger partial charge is 0.00479 e. The quantitative estimate of drug-likeness (QED) is 0.744. The van der Waals surface area contributed by atoms with Crippen molar-refractivity contribution in [2.24, 2.45) is 5.41 Å². The third kappa shape index (κ3) is 3.97. The fourth-order valence-corrected chi connectivity index (χ4v) is 1.90. The Morgan fingerprint density at radius 1 is 1.29 bits per heavy atom. The second kappa shape index (κ2) is 5.13. The van der Waals surface area contributed by atoms with Crippen LogP contribution in [0.3, 0.4) is 0 Å². The van der Waals surface area contributed by atoms with E-state index in [0.717, 1.165) is 0 Å². The zero-order chi connectivity index (χ0) is 10.6. The normalized spacial score (nSPS) is 24.9. The molecule has 0 amide bonds. The molecule has 1 unspecified atom stereocenters. The van der Waals surface area contributed by atoms with Crippen molar-refractivity contribution in [3.63, 3.8) is 0 Å². The van der Waals surface area contributed by atoms with Crippen molar-refractivity contribution in [1.29, 1.82) is 0 Å². The van der Waals surface area contributed by atoms with Gasteiger partial charge in [-0.3, -0.25) is 0 Å². The molecular formula is C12H26N2. The van der Waals surface area contributed by atoms with Gasteiger partial charge in [0.15, 0.2) is 0 Å². The summed E-state index contributed by atoms with van der Waals surface area (Å²) < 4.78 is 0. The SMILES string of the molecule is CNC(C)CCN1CCC(C)(C)CC1. The maximum Gasteiger partial charge on any atom is 0.00479 e. The zero-order valence-corrected chi connectivity index (χ0v) is 10.3. The molecule has 1 aliphatic heterocycles. The molecule has 2 nitrogen and oxygen atoms in total. The number of rotatable bonds is 4. The molecule has 1 aliphatic rings. The third-order valence-electron chi connectivity index (χ3n) is 3.58. The van der Waals surface area contributed by atoms with Crippen LogP contribution in [0.1, 0.15) is 40.0 Å². The van der Waals surface area contributed by atoms with Crippen LogP contribution in [0.15, 0.2) is 0 Å². The molecule has 1 rings (SSSR count). The van der Waals surface area contributed by atoms with E-state index in [0.29, 0.717) is 11.5 Å². The first kappa shape index (κ1) is 12.0. The second-order valence-corrected chi connectivity index (χ2v) is 5.48. The largest absolute Gasteiger partial charge is 0.317 e. The van der Waals surface area contributed by atoms with Crippen LogP contribution in [0.5, 0.6) is 0 Å². The van der Waals surface area contributed by atoms with Crippen LogP contribution in [0, 0.1) is 5.41 Å². The lowest BCUT2D eigenvalue weighted by atomic mass is 9.82. The highest BCUT2D eigenvalue weighted by Crippen LogP contribution is 2.29. The Balaban J connectivity index is 2.16. The number of likely N-dealkylation sites (tertiary alicyclic amines) is 1. The maximum absolute atomic E-state index is 3.29. The van der Waals surface area contributed by atoms with Crippen LogP contribution in [0.2, 0.25) is 0 Å². The molecule has 1 atom stereocenters. The minimum absolute atomic E-state index is 0.588. The minimum atomic E-state index is 0.588. The number of nitrogens with zero attached hydrogens (tertiary/aromatic N) is 1. The van der Waals surface area contributed by atoms with E-state index in [-0.39, 0.29) is 0 Å². The summed E-state index contributed by atoms with van der Waals surface area (Å²) in [7, 11) is 2.05. The Morgan fingerprint density at radius 3 is 2.36 bits per heavy atom. The van der Waals surface area contributed by atoms with Gasteiger partial charge < -0.3 is 10.2 Å². The van der Waals surface area contributed by atoms with Gasteiger partial charge >= 0.3 is 0 Å². The molecule has 1 saturated heterocycles. The third-order valence-corrected chi connectivity index (χ3v) is 3.58. The lowest BCUT2D eigenvalue weighted by Crippen LogP contribution is -2.39. The molecular weight excluding hydrogens is 172 g/mol. The predicted molar refractivity (Wildman–Crippen MR) is 62.6 cm³/mol. The van der Waals surface area contributed by atoms with Gasteiger partial charge in [0, 0.05) is 6.04 Å². The number of hydrogen-bond acceptors (Lipinski definition) is 2. The van der Waals surface area contributed by atoms with E-state index in [1.807, 2.05) is 7.05 Å². The highest BCUT2D eigenvalue weighted by molar-refractivity contribution is 4.78. The highest BCUT2D eigenvalue weighted by atomic mass is 15.1. The molecule has 1 N–H and O–H groups in total. The van der Waals surface area contributed by atoms with Crippen LogP contribution >= 0.6 is 0 Å². The molecule has 0 aromatic carbocycles. The van der Waals surface area contributed by atoms with Gasteiger partial charge in [-0.05, 0) is 58.3 Å². The molecule has 0 aromatic rings. The van der Waals surface area contributed by atoms with E-state index in [2.05, 4.69) is 31.0 Å². The number of piperidine rings is 1. The first-order chi connectivity index (χ1) is 6.53. The van der Waals surface area contributed by atoms with Crippen molar-refractivity contribution in [1.82, 2.24) is 10.2 Å². The Bertz CT molecular complexity index is 156. The summed E-state index contributed by atoms with van der Waals surface area (Å²) in [5.74, 6) is 0.